The minimum absolute atomic E-state index is 0.0842. The summed E-state index contributed by atoms with van der Waals surface area (Å²) < 4.78 is 0.913. The van der Waals surface area contributed by atoms with Gasteiger partial charge in [-0.15, -0.1) is 0 Å². The number of nitrogens with one attached hydrogen (secondary N) is 1. The fourth-order valence-electron chi connectivity index (χ4n) is 2.23. The van der Waals surface area contributed by atoms with Crippen LogP contribution in [0.15, 0.2) is 34.3 Å². The molecule has 1 aliphatic rings. The summed E-state index contributed by atoms with van der Waals surface area (Å²) in [7, 11) is 0. The first-order valence-corrected chi connectivity index (χ1v) is 6.99. The Hall–Kier alpha value is -0.350. The number of hydrogen-bond donors (Lipinski definition) is 2. The minimum Gasteiger partial charge on any atom is -0.271 e. The average Bonchev–Trinajstić information content (AvgIpc) is 2.36. The molecule has 17 heavy (non-hydrogen) atoms. The fourth-order valence-corrected chi connectivity index (χ4v) is 2.67. The van der Waals surface area contributed by atoms with Gasteiger partial charge in [-0.2, -0.15) is 0 Å². The average molecular weight is 316 g/mol. The molecular formula is C13H16BrClN2. The largest absolute Gasteiger partial charge is 0.271 e. The van der Waals surface area contributed by atoms with Gasteiger partial charge in [-0.3, -0.25) is 5.84 Å². The van der Waals surface area contributed by atoms with Crippen LogP contribution in [0.2, 0.25) is 5.02 Å². The van der Waals surface area contributed by atoms with Crippen LogP contribution in [0.4, 0.5) is 0 Å². The normalized spacial score (nSPS) is 17.7. The predicted molar refractivity (Wildman–Crippen MR) is 75.8 cm³/mol. The number of halogens is 2. The number of benzene rings is 1. The van der Waals surface area contributed by atoms with Crippen LogP contribution in [0.25, 0.3) is 0 Å². The molecule has 0 fully saturated rings. The van der Waals surface area contributed by atoms with Crippen LogP contribution >= 0.6 is 27.5 Å². The molecule has 1 atom stereocenters. The van der Waals surface area contributed by atoms with Gasteiger partial charge in [0.25, 0.3) is 0 Å². The van der Waals surface area contributed by atoms with Crippen molar-refractivity contribution in [2.24, 2.45) is 5.84 Å². The predicted octanol–water partition coefficient (Wildman–Crippen LogP) is 4.11. The zero-order valence-corrected chi connectivity index (χ0v) is 11.9. The van der Waals surface area contributed by atoms with Crippen molar-refractivity contribution in [3.05, 3.63) is 44.9 Å². The van der Waals surface area contributed by atoms with Crippen LogP contribution in [-0.4, -0.2) is 0 Å². The molecule has 0 radical (unpaired) electrons. The van der Waals surface area contributed by atoms with Gasteiger partial charge in [0.15, 0.2) is 0 Å². The van der Waals surface area contributed by atoms with Crippen molar-refractivity contribution in [2.45, 2.75) is 31.7 Å². The monoisotopic (exact) mass is 314 g/mol. The van der Waals surface area contributed by atoms with Crippen molar-refractivity contribution in [1.29, 1.82) is 0 Å². The Morgan fingerprint density at radius 2 is 2.18 bits per heavy atom. The van der Waals surface area contributed by atoms with Gasteiger partial charge in [0.2, 0.25) is 0 Å². The molecule has 0 bridgehead atoms. The van der Waals surface area contributed by atoms with Gasteiger partial charge < -0.3 is 0 Å². The van der Waals surface area contributed by atoms with E-state index in [0.717, 1.165) is 27.9 Å². The fraction of sp³-hybridized carbons (Fsp3) is 0.385. The number of hydrazine groups is 1. The summed E-state index contributed by atoms with van der Waals surface area (Å²) in [4.78, 5) is 0. The third-order valence-corrected chi connectivity index (χ3v) is 4.37. The number of rotatable bonds is 3. The van der Waals surface area contributed by atoms with Gasteiger partial charge in [-0.1, -0.05) is 29.3 Å². The molecule has 0 heterocycles. The summed E-state index contributed by atoms with van der Waals surface area (Å²) in [5.74, 6) is 5.68. The van der Waals surface area contributed by atoms with E-state index in [9.17, 15) is 0 Å². The van der Waals surface area contributed by atoms with E-state index in [-0.39, 0.29) is 6.04 Å². The van der Waals surface area contributed by atoms with Crippen molar-refractivity contribution in [3.8, 4) is 0 Å². The van der Waals surface area contributed by atoms with E-state index < -0.39 is 0 Å². The van der Waals surface area contributed by atoms with Crippen LogP contribution < -0.4 is 11.3 Å². The van der Waals surface area contributed by atoms with Crippen molar-refractivity contribution in [2.75, 3.05) is 0 Å². The summed E-state index contributed by atoms with van der Waals surface area (Å²) in [6.07, 6.45) is 7.08. The third-order valence-electron chi connectivity index (χ3n) is 3.14. The Bertz CT molecular complexity index is 431. The lowest BCUT2D eigenvalue weighted by atomic mass is 9.90. The molecule has 0 aromatic heterocycles. The lowest BCUT2D eigenvalue weighted by Gasteiger charge is -2.23. The Kier molecular flexibility index (Phi) is 4.62. The van der Waals surface area contributed by atoms with Gasteiger partial charge in [0.1, 0.15) is 0 Å². The maximum Gasteiger partial charge on any atom is 0.0670 e. The first-order chi connectivity index (χ1) is 8.22. The Morgan fingerprint density at radius 1 is 1.35 bits per heavy atom. The highest BCUT2D eigenvalue weighted by Gasteiger charge is 2.17. The molecule has 4 heteroatoms. The van der Waals surface area contributed by atoms with Crippen LogP contribution in [0.3, 0.4) is 0 Å². The Morgan fingerprint density at radius 3 is 2.76 bits per heavy atom. The van der Waals surface area contributed by atoms with Crippen molar-refractivity contribution < 1.29 is 0 Å². The highest BCUT2D eigenvalue weighted by atomic mass is 79.9. The summed E-state index contributed by atoms with van der Waals surface area (Å²) in [5.41, 5.74) is 5.38. The van der Waals surface area contributed by atoms with E-state index in [1.165, 1.54) is 18.4 Å². The minimum atomic E-state index is 0.0842. The van der Waals surface area contributed by atoms with E-state index in [0.29, 0.717) is 0 Å². The molecule has 2 rings (SSSR count). The number of nitrogens with two attached hydrogens (primary N) is 1. The number of hydrogen-bond acceptors (Lipinski definition) is 2. The topological polar surface area (TPSA) is 38.0 Å². The molecule has 1 aliphatic carbocycles. The zero-order valence-electron chi connectivity index (χ0n) is 9.55. The zero-order chi connectivity index (χ0) is 12.3. The Balaban J connectivity index is 2.28. The summed E-state index contributed by atoms with van der Waals surface area (Å²) in [5, 5.41) is 0.721. The van der Waals surface area contributed by atoms with E-state index in [2.05, 4.69) is 33.5 Å². The first kappa shape index (κ1) is 13.1. The molecule has 0 spiro atoms. The first-order valence-electron chi connectivity index (χ1n) is 5.82. The second kappa shape index (κ2) is 6.01. The molecule has 0 amide bonds. The van der Waals surface area contributed by atoms with Gasteiger partial charge in [0.05, 0.1) is 11.1 Å². The maximum absolute atomic E-state index is 6.12. The molecular weight excluding hydrogens is 300 g/mol. The molecule has 0 saturated carbocycles. The maximum atomic E-state index is 6.12. The Labute approximate surface area is 115 Å². The molecule has 1 aromatic rings. The van der Waals surface area contributed by atoms with Crippen LogP contribution in [-0.2, 0) is 0 Å². The summed E-state index contributed by atoms with van der Waals surface area (Å²) in [6.45, 7) is 0. The van der Waals surface area contributed by atoms with Crippen molar-refractivity contribution >= 4 is 27.5 Å². The number of allylic oxidation sites excluding steroid dienone is 1. The lowest BCUT2D eigenvalue weighted by molar-refractivity contribution is 0.566. The standard InChI is InChI=1S/C13H16BrClN2/c14-11-7-6-10(8-12(11)15)13(17-16)9-4-2-1-3-5-9/h4,6-8,13,17H,1-3,5,16H2. The van der Waals surface area contributed by atoms with E-state index in [1.54, 1.807) is 0 Å². The third kappa shape index (κ3) is 3.10. The quantitative estimate of drug-likeness (QED) is 0.500. The summed E-state index contributed by atoms with van der Waals surface area (Å²) in [6, 6.07) is 6.06. The molecule has 1 aromatic carbocycles. The van der Waals surface area contributed by atoms with Crippen LogP contribution in [0.1, 0.15) is 37.3 Å². The van der Waals surface area contributed by atoms with E-state index in [1.807, 2.05) is 12.1 Å². The highest BCUT2D eigenvalue weighted by Crippen LogP contribution is 2.32. The molecule has 0 saturated heterocycles. The van der Waals surface area contributed by atoms with Gasteiger partial charge in [0, 0.05) is 4.47 Å². The molecule has 2 nitrogen and oxygen atoms in total. The van der Waals surface area contributed by atoms with Crippen molar-refractivity contribution in [1.82, 2.24) is 5.43 Å². The molecule has 0 aliphatic heterocycles. The van der Waals surface area contributed by atoms with Crippen LogP contribution in [0.5, 0.6) is 0 Å². The molecule has 3 N–H and O–H groups in total. The van der Waals surface area contributed by atoms with Gasteiger partial charge >= 0.3 is 0 Å². The van der Waals surface area contributed by atoms with Crippen LogP contribution in [0, 0.1) is 0 Å². The second-order valence-electron chi connectivity index (χ2n) is 4.30. The lowest BCUT2D eigenvalue weighted by Crippen LogP contribution is -2.30. The SMILES string of the molecule is NNC(C1=CCCCC1)c1ccc(Br)c(Cl)c1. The van der Waals surface area contributed by atoms with Crippen molar-refractivity contribution in [3.63, 3.8) is 0 Å². The summed E-state index contributed by atoms with van der Waals surface area (Å²) >= 11 is 9.52. The highest BCUT2D eigenvalue weighted by molar-refractivity contribution is 9.10. The van der Waals surface area contributed by atoms with Gasteiger partial charge in [-0.05, 0) is 59.3 Å². The van der Waals surface area contributed by atoms with E-state index in [4.69, 9.17) is 17.4 Å². The van der Waals surface area contributed by atoms with E-state index >= 15 is 0 Å². The van der Waals surface area contributed by atoms with Gasteiger partial charge in [-0.25, -0.2) is 5.43 Å². The molecule has 1 unspecified atom stereocenters. The molecule has 92 valence electrons. The second-order valence-corrected chi connectivity index (χ2v) is 5.56. The smallest absolute Gasteiger partial charge is 0.0670 e.